The van der Waals surface area contributed by atoms with Gasteiger partial charge in [-0.2, -0.15) is 0 Å². The van der Waals surface area contributed by atoms with Gasteiger partial charge in [0.05, 0.1) is 6.61 Å². The van der Waals surface area contributed by atoms with Crippen molar-refractivity contribution in [1.29, 1.82) is 0 Å². The van der Waals surface area contributed by atoms with Crippen molar-refractivity contribution >= 4 is 17.4 Å². The molecule has 0 aliphatic heterocycles. The van der Waals surface area contributed by atoms with E-state index in [1.807, 2.05) is 18.7 Å². The molecular formula is C10H16ClN3O. The van der Waals surface area contributed by atoms with E-state index in [2.05, 4.69) is 9.97 Å². The Morgan fingerprint density at radius 2 is 2.13 bits per heavy atom. The highest BCUT2D eigenvalue weighted by Crippen LogP contribution is 2.15. The van der Waals surface area contributed by atoms with Crippen LogP contribution in [0.15, 0.2) is 6.07 Å². The largest absolute Gasteiger partial charge is 0.395 e. The second-order valence-electron chi connectivity index (χ2n) is 3.12. The topological polar surface area (TPSA) is 49.2 Å². The van der Waals surface area contributed by atoms with Crippen LogP contribution in [0.25, 0.3) is 0 Å². The molecule has 0 aromatic carbocycles. The standard InChI is InChI=1S/C10H16ClN3O/c1-3-9-12-8(11)7-10(13-9)14(4-2)5-6-15/h7,15H,3-6H2,1-2H3. The van der Waals surface area contributed by atoms with E-state index in [4.69, 9.17) is 16.7 Å². The lowest BCUT2D eigenvalue weighted by Crippen LogP contribution is -2.27. The van der Waals surface area contributed by atoms with Crippen LogP contribution in [0.5, 0.6) is 0 Å². The third kappa shape index (κ3) is 3.32. The summed E-state index contributed by atoms with van der Waals surface area (Å²) in [6, 6.07) is 1.72. The van der Waals surface area contributed by atoms with Crippen molar-refractivity contribution in [2.45, 2.75) is 20.3 Å². The van der Waals surface area contributed by atoms with Crippen molar-refractivity contribution in [3.8, 4) is 0 Å². The maximum absolute atomic E-state index is 8.91. The molecule has 5 heteroatoms. The molecule has 0 aliphatic carbocycles. The first-order chi connectivity index (χ1) is 7.21. The lowest BCUT2D eigenvalue weighted by atomic mass is 10.4. The molecule has 0 aliphatic rings. The maximum atomic E-state index is 8.91. The van der Waals surface area contributed by atoms with Gasteiger partial charge in [0.25, 0.3) is 0 Å². The number of aliphatic hydroxyl groups excluding tert-OH is 1. The molecule has 1 aromatic heterocycles. The Balaban J connectivity index is 2.95. The summed E-state index contributed by atoms with van der Waals surface area (Å²) in [5, 5.41) is 9.36. The van der Waals surface area contributed by atoms with Crippen LogP contribution >= 0.6 is 11.6 Å². The molecule has 0 amide bonds. The minimum absolute atomic E-state index is 0.108. The third-order valence-corrected chi connectivity index (χ3v) is 2.31. The molecule has 0 fully saturated rings. The molecule has 1 heterocycles. The number of aryl methyl sites for hydroxylation is 1. The van der Waals surface area contributed by atoms with Gasteiger partial charge < -0.3 is 10.0 Å². The number of aliphatic hydroxyl groups is 1. The van der Waals surface area contributed by atoms with Gasteiger partial charge in [-0.1, -0.05) is 18.5 Å². The lowest BCUT2D eigenvalue weighted by molar-refractivity contribution is 0.302. The second kappa shape index (κ2) is 5.88. The quantitative estimate of drug-likeness (QED) is 0.778. The van der Waals surface area contributed by atoms with Crippen LogP contribution in [0.4, 0.5) is 5.82 Å². The highest BCUT2D eigenvalue weighted by atomic mass is 35.5. The average Bonchev–Trinajstić information content (AvgIpc) is 2.24. The van der Waals surface area contributed by atoms with Gasteiger partial charge in [-0.3, -0.25) is 0 Å². The van der Waals surface area contributed by atoms with Gasteiger partial charge >= 0.3 is 0 Å². The Hall–Kier alpha value is -0.870. The van der Waals surface area contributed by atoms with Crippen molar-refractivity contribution in [3.05, 3.63) is 17.0 Å². The van der Waals surface area contributed by atoms with Crippen molar-refractivity contribution in [1.82, 2.24) is 9.97 Å². The second-order valence-corrected chi connectivity index (χ2v) is 3.51. The van der Waals surface area contributed by atoms with E-state index in [-0.39, 0.29) is 6.61 Å². The Kier molecular flexibility index (Phi) is 4.78. The fourth-order valence-electron chi connectivity index (χ4n) is 1.33. The molecule has 0 saturated heterocycles. The highest BCUT2D eigenvalue weighted by Gasteiger charge is 2.08. The highest BCUT2D eigenvalue weighted by molar-refractivity contribution is 6.29. The van der Waals surface area contributed by atoms with E-state index in [0.717, 1.165) is 24.6 Å². The first-order valence-corrected chi connectivity index (χ1v) is 5.48. The summed E-state index contributed by atoms with van der Waals surface area (Å²) in [6.07, 6.45) is 0.754. The van der Waals surface area contributed by atoms with Gasteiger partial charge in [-0.15, -0.1) is 0 Å². The van der Waals surface area contributed by atoms with Crippen LogP contribution in [0, 0.1) is 0 Å². The number of anilines is 1. The molecule has 84 valence electrons. The molecule has 4 nitrogen and oxygen atoms in total. The van der Waals surface area contributed by atoms with E-state index in [1.165, 1.54) is 0 Å². The van der Waals surface area contributed by atoms with Crippen molar-refractivity contribution in [3.63, 3.8) is 0 Å². The van der Waals surface area contributed by atoms with Gasteiger partial charge in [-0.05, 0) is 6.92 Å². The molecule has 0 bridgehead atoms. The van der Waals surface area contributed by atoms with E-state index < -0.39 is 0 Å². The van der Waals surface area contributed by atoms with Crippen LogP contribution in [-0.2, 0) is 6.42 Å². The fourth-order valence-corrected chi connectivity index (χ4v) is 1.52. The number of aromatic nitrogens is 2. The predicted octanol–water partition coefficient (Wildman–Crippen LogP) is 1.51. The summed E-state index contributed by atoms with van der Waals surface area (Å²) in [5.41, 5.74) is 0. The first-order valence-electron chi connectivity index (χ1n) is 5.10. The molecule has 0 unspecified atom stereocenters. The first kappa shape index (κ1) is 12.2. The van der Waals surface area contributed by atoms with Gasteiger partial charge in [-0.25, -0.2) is 9.97 Å². The molecule has 0 spiro atoms. The maximum Gasteiger partial charge on any atom is 0.134 e. The number of rotatable bonds is 5. The van der Waals surface area contributed by atoms with Crippen molar-refractivity contribution in [2.24, 2.45) is 0 Å². The van der Waals surface area contributed by atoms with Crippen LogP contribution in [0.2, 0.25) is 5.15 Å². The molecule has 0 atom stereocenters. The van der Waals surface area contributed by atoms with E-state index >= 15 is 0 Å². The molecule has 15 heavy (non-hydrogen) atoms. The molecule has 1 rings (SSSR count). The zero-order valence-electron chi connectivity index (χ0n) is 9.07. The van der Waals surface area contributed by atoms with E-state index in [0.29, 0.717) is 11.7 Å². The number of hydrogen-bond donors (Lipinski definition) is 1. The van der Waals surface area contributed by atoms with E-state index in [1.54, 1.807) is 6.07 Å². The summed E-state index contributed by atoms with van der Waals surface area (Å²) in [5.74, 6) is 1.51. The SMILES string of the molecule is CCc1nc(Cl)cc(N(CC)CCO)n1. The number of halogens is 1. The lowest BCUT2D eigenvalue weighted by Gasteiger charge is -2.21. The monoisotopic (exact) mass is 229 g/mol. The molecule has 1 aromatic rings. The minimum Gasteiger partial charge on any atom is -0.395 e. The summed E-state index contributed by atoms with van der Waals surface area (Å²) in [4.78, 5) is 10.4. The Morgan fingerprint density at radius 1 is 1.40 bits per heavy atom. The smallest absolute Gasteiger partial charge is 0.134 e. The Labute approximate surface area is 94.9 Å². The zero-order valence-corrected chi connectivity index (χ0v) is 9.83. The number of nitrogens with zero attached hydrogens (tertiary/aromatic N) is 3. The summed E-state index contributed by atoms with van der Waals surface area (Å²) in [7, 11) is 0. The molecular weight excluding hydrogens is 214 g/mol. The summed E-state index contributed by atoms with van der Waals surface area (Å²) >= 11 is 5.89. The van der Waals surface area contributed by atoms with Gasteiger partial charge in [0.2, 0.25) is 0 Å². The third-order valence-electron chi connectivity index (χ3n) is 2.12. The normalized spacial score (nSPS) is 10.4. The average molecular weight is 230 g/mol. The summed E-state index contributed by atoms with van der Waals surface area (Å²) in [6.45, 7) is 5.45. The van der Waals surface area contributed by atoms with Crippen LogP contribution < -0.4 is 4.90 Å². The van der Waals surface area contributed by atoms with Crippen LogP contribution in [0.3, 0.4) is 0 Å². The van der Waals surface area contributed by atoms with Crippen LogP contribution in [0.1, 0.15) is 19.7 Å². The number of likely N-dealkylation sites (N-methyl/N-ethyl adjacent to an activating group) is 1. The number of hydrogen-bond acceptors (Lipinski definition) is 4. The zero-order chi connectivity index (χ0) is 11.3. The molecule has 0 radical (unpaired) electrons. The van der Waals surface area contributed by atoms with Crippen molar-refractivity contribution in [2.75, 3.05) is 24.6 Å². The molecule has 0 saturated carbocycles. The Morgan fingerprint density at radius 3 is 2.67 bits per heavy atom. The fraction of sp³-hybridized carbons (Fsp3) is 0.600. The van der Waals surface area contributed by atoms with Gasteiger partial charge in [0.15, 0.2) is 0 Å². The Bertz CT molecular complexity index is 320. The molecule has 1 N–H and O–H groups in total. The predicted molar refractivity (Wildman–Crippen MR) is 61.4 cm³/mol. The van der Waals surface area contributed by atoms with Gasteiger partial charge in [0, 0.05) is 25.6 Å². The minimum atomic E-state index is 0.108. The van der Waals surface area contributed by atoms with Gasteiger partial charge in [0.1, 0.15) is 16.8 Å². The van der Waals surface area contributed by atoms with E-state index in [9.17, 15) is 0 Å². The summed E-state index contributed by atoms with van der Waals surface area (Å²) < 4.78 is 0. The van der Waals surface area contributed by atoms with Crippen molar-refractivity contribution < 1.29 is 5.11 Å². The van der Waals surface area contributed by atoms with Crippen LogP contribution in [-0.4, -0.2) is 34.8 Å².